The fourth-order valence-corrected chi connectivity index (χ4v) is 5.13. The van der Waals surface area contributed by atoms with Gasteiger partial charge in [0.05, 0.1) is 16.1 Å². The van der Waals surface area contributed by atoms with Crippen molar-refractivity contribution in [2.75, 3.05) is 4.31 Å². The van der Waals surface area contributed by atoms with Crippen molar-refractivity contribution in [2.45, 2.75) is 37.6 Å². The molecule has 0 heterocycles. The van der Waals surface area contributed by atoms with Crippen molar-refractivity contribution >= 4 is 27.8 Å². The van der Waals surface area contributed by atoms with Crippen molar-refractivity contribution in [1.29, 1.82) is 0 Å². The van der Waals surface area contributed by atoms with E-state index in [0.29, 0.717) is 11.1 Å². The normalized spacial score (nSPS) is 11.8. The van der Waals surface area contributed by atoms with Crippen molar-refractivity contribution in [3.63, 3.8) is 0 Å². The number of ether oxygens (including phenoxy) is 1. The van der Waals surface area contributed by atoms with Gasteiger partial charge in [-0.15, -0.1) is 0 Å². The molecule has 6 nitrogen and oxygen atoms in total. The molecule has 1 N–H and O–H groups in total. The number of benzene rings is 3. The Kier molecular flexibility index (Phi) is 10.4. The summed E-state index contributed by atoms with van der Waals surface area (Å²) in [6.45, 7) is 3.09. The predicted molar refractivity (Wildman–Crippen MR) is 131 cm³/mol. The second kappa shape index (κ2) is 12.6. The monoisotopic (exact) mass is 543 g/mol. The number of carboxylic acids is 1. The SMILES string of the molecule is CC(C)N(c1ccc(C(F)(F)F)cc1OCc1ccc(/C=C/C(=O)O)cc1)S(=O)(=O)c1ccccc1.[H-].[Na+]. The quantitative estimate of drug-likeness (QED) is 0.331. The van der Waals surface area contributed by atoms with E-state index in [9.17, 15) is 26.4 Å². The van der Waals surface area contributed by atoms with Gasteiger partial charge in [0, 0.05) is 12.1 Å². The molecular formula is C26H25F3NNaO5S. The van der Waals surface area contributed by atoms with Gasteiger partial charge in [0.1, 0.15) is 12.4 Å². The largest absolute Gasteiger partial charge is 1.00 e. The molecule has 0 atom stereocenters. The fraction of sp³-hybridized carbons (Fsp3) is 0.192. The van der Waals surface area contributed by atoms with Crippen LogP contribution in [0, 0.1) is 0 Å². The summed E-state index contributed by atoms with van der Waals surface area (Å²) in [5, 5.41) is 8.73. The molecule has 3 aromatic carbocycles. The van der Waals surface area contributed by atoms with Crippen molar-refractivity contribution in [3.05, 3.63) is 95.6 Å². The molecule has 0 bridgehead atoms. The van der Waals surface area contributed by atoms with Gasteiger partial charge in [0.2, 0.25) is 0 Å². The van der Waals surface area contributed by atoms with Crippen LogP contribution >= 0.6 is 0 Å². The summed E-state index contributed by atoms with van der Waals surface area (Å²) in [4.78, 5) is 10.7. The molecule has 37 heavy (non-hydrogen) atoms. The van der Waals surface area contributed by atoms with Gasteiger partial charge in [-0.3, -0.25) is 4.31 Å². The molecule has 0 saturated heterocycles. The van der Waals surface area contributed by atoms with E-state index in [4.69, 9.17) is 9.84 Å². The van der Waals surface area contributed by atoms with E-state index in [2.05, 4.69) is 0 Å². The van der Waals surface area contributed by atoms with Crippen molar-refractivity contribution in [1.82, 2.24) is 0 Å². The summed E-state index contributed by atoms with van der Waals surface area (Å²) in [7, 11) is -4.11. The van der Waals surface area contributed by atoms with Crippen LogP contribution in [0.25, 0.3) is 6.08 Å². The Bertz CT molecular complexity index is 1350. The van der Waals surface area contributed by atoms with Crippen LogP contribution in [0.15, 0.2) is 83.8 Å². The van der Waals surface area contributed by atoms with Gasteiger partial charge in [-0.1, -0.05) is 42.5 Å². The van der Waals surface area contributed by atoms with Crippen LogP contribution in [0.1, 0.15) is 32.0 Å². The van der Waals surface area contributed by atoms with Crippen molar-refractivity contribution in [2.24, 2.45) is 0 Å². The maximum atomic E-state index is 13.5. The number of aliphatic carboxylic acids is 1. The van der Waals surface area contributed by atoms with Gasteiger partial charge in [-0.25, -0.2) is 13.2 Å². The van der Waals surface area contributed by atoms with E-state index >= 15 is 0 Å². The predicted octanol–water partition coefficient (Wildman–Crippen LogP) is 3.10. The molecule has 0 aliphatic heterocycles. The fourth-order valence-electron chi connectivity index (χ4n) is 3.43. The third-order valence-electron chi connectivity index (χ3n) is 5.09. The molecule has 0 spiro atoms. The summed E-state index contributed by atoms with van der Waals surface area (Å²) in [5.74, 6) is -1.34. The summed E-state index contributed by atoms with van der Waals surface area (Å²) in [5.41, 5.74) is 0.202. The number of rotatable bonds is 9. The summed E-state index contributed by atoms with van der Waals surface area (Å²) in [6, 6.07) is 16.2. The zero-order chi connectivity index (χ0) is 26.5. The van der Waals surface area contributed by atoms with Gasteiger partial charge < -0.3 is 11.3 Å². The molecule has 0 fully saturated rings. The van der Waals surface area contributed by atoms with Gasteiger partial charge >= 0.3 is 41.7 Å². The molecule has 0 unspecified atom stereocenters. The maximum absolute atomic E-state index is 13.5. The minimum absolute atomic E-state index is 0. The van der Waals surface area contributed by atoms with Crippen LogP contribution in [0.3, 0.4) is 0 Å². The van der Waals surface area contributed by atoms with Crippen molar-refractivity contribution < 1.29 is 67.2 Å². The standard InChI is InChI=1S/C26H24F3NO5S.Na.H/c1-18(2)30(36(33,34)22-6-4-3-5-7-22)23-14-13-21(26(27,28)29)16-24(23)35-17-20-10-8-19(9-11-20)12-15-25(31)32;;/h3-16,18H,17H2,1-2H3,(H,31,32);;/q;+1;-1/b15-12+;;. The number of anilines is 1. The molecule has 11 heteroatoms. The molecule has 0 saturated carbocycles. The molecule has 3 aromatic rings. The summed E-state index contributed by atoms with van der Waals surface area (Å²) < 4.78 is 74.0. The van der Waals surface area contributed by atoms with E-state index in [-0.39, 0.29) is 53.9 Å². The van der Waals surface area contributed by atoms with E-state index < -0.39 is 33.8 Å². The maximum Gasteiger partial charge on any atom is 1.00 e. The van der Waals surface area contributed by atoms with Crippen LogP contribution in [-0.4, -0.2) is 25.5 Å². The smallest absolute Gasteiger partial charge is 1.00 e. The first-order chi connectivity index (χ1) is 16.9. The van der Waals surface area contributed by atoms with Gasteiger partial charge in [-0.2, -0.15) is 13.2 Å². The summed E-state index contributed by atoms with van der Waals surface area (Å²) >= 11 is 0. The van der Waals surface area contributed by atoms with Gasteiger partial charge in [0.15, 0.2) is 0 Å². The molecule has 3 rings (SSSR count). The number of halogens is 3. The average molecular weight is 544 g/mol. The van der Waals surface area contributed by atoms with Crippen LogP contribution in [0.4, 0.5) is 18.9 Å². The van der Waals surface area contributed by atoms with Crippen LogP contribution in [0.5, 0.6) is 5.75 Å². The number of hydrogen-bond acceptors (Lipinski definition) is 4. The first-order valence-corrected chi connectivity index (χ1v) is 12.3. The van der Waals surface area contributed by atoms with Gasteiger partial charge in [0.25, 0.3) is 10.0 Å². The van der Waals surface area contributed by atoms with Gasteiger partial charge in [-0.05, 0) is 61.4 Å². The van der Waals surface area contributed by atoms with E-state index in [1.54, 1.807) is 56.3 Å². The molecule has 0 amide bonds. The van der Waals surface area contributed by atoms with E-state index in [1.165, 1.54) is 18.2 Å². The Hall–Kier alpha value is -2.79. The molecule has 0 aliphatic rings. The molecule has 0 aliphatic carbocycles. The first-order valence-electron chi connectivity index (χ1n) is 10.8. The van der Waals surface area contributed by atoms with Crippen LogP contribution in [0.2, 0.25) is 0 Å². The molecular weight excluding hydrogens is 518 g/mol. The number of hydrogen-bond donors (Lipinski definition) is 1. The number of nitrogens with zero attached hydrogens (tertiary/aromatic N) is 1. The third kappa shape index (κ3) is 7.85. The second-order valence-electron chi connectivity index (χ2n) is 8.09. The third-order valence-corrected chi connectivity index (χ3v) is 7.09. The number of sulfonamides is 1. The minimum atomic E-state index is -4.66. The Balaban J connectivity index is 0.00000361. The Labute approximate surface area is 237 Å². The zero-order valence-corrected chi connectivity index (χ0v) is 23.3. The number of carboxylic acid groups (broad SMARTS) is 1. The average Bonchev–Trinajstić information content (AvgIpc) is 2.82. The van der Waals surface area contributed by atoms with Crippen LogP contribution in [-0.2, 0) is 27.6 Å². The Morgan fingerprint density at radius 2 is 1.68 bits per heavy atom. The number of carbonyl (C=O) groups is 1. The topological polar surface area (TPSA) is 83.9 Å². The number of alkyl halides is 3. The van der Waals surface area contributed by atoms with Crippen LogP contribution < -0.4 is 38.6 Å². The summed E-state index contributed by atoms with van der Waals surface area (Å²) in [6.07, 6.45) is -2.28. The molecule has 192 valence electrons. The molecule has 0 aromatic heterocycles. The van der Waals surface area contributed by atoms with E-state index in [0.717, 1.165) is 28.6 Å². The second-order valence-corrected chi connectivity index (χ2v) is 9.90. The minimum Gasteiger partial charge on any atom is -1.00 e. The van der Waals surface area contributed by atoms with E-state index in [1.807, 2.05) is 0 Å². The molecule has 0 radical (unpaired) electrons. The van der Waals surface area contributed by atoms with Crippen molar-refractivity contribution in [3.8, 4) is 5.75 Å². The Morgan fingerprint density at radius 1 is 1.05 bits per heavy atom. The zero-order valence-electron chi connectivity index (χ0n) is 21.4. The first kappa shape index (κ1) is 30.4. The Morgan fingerprint density at radius 3 is 2.22 bits per heavy atom.